The first-order valence-corrected chi connectivity index (χ1v) is 12.4. The Morgan fingerprint density at radius 1 is 0.816 bits per heavy atom. The molecule has 2 aliphatic rings. The van der Waals surface area contributed by atoms with Gasteiger partial charge in [0.25, 0.3) is 11.8 Å². The summed E-state index contributed by atoms with van der Waals surface area (Å²) in [7, 11) is 0. The summed E-state index contributed by atoms with van der Waals surface area (Å²) in [5, 5.41) is 8.35. The molecule has 0 saturated carbocycles. The van der Waals surface area contributed by atoms with Gasteiger partial charge in [-0.15, -0.1) is 0 Å². The van der Waals surface area contributed by atoms with E-state index in [1.54, 1.807) is 18.2 Å². The molecule has 3 aromatic rings. The summed E-state index contributed by atoms with van der Waals surface area (Å²) in [5.41, 5.74) is 3.80. The highest BCUT2D eigenvalue weighted by atomic mass is 16.2. The maximum Gasteiger partial charge on any atom is 0.264 e. The molecule has 0 aromatic heterocycles. The van der Waals surface area contributed by atoms with E-state index in [0.717, 1.165) is 21.6 Å². The summed E-state index contributed by atoms with van der Waals surface area (Å²) >= 11 is 0. The number of carbonyl (C=O) groups is 5. The highest BCUT2D eigenvalue weighted by molar-refractivity contribution is 6.25. The van der Waals surface area contributed by atoms with E-state index in [9.17, 15) is 24.0 Å². The average Bonchev–Trinajstić information content (AvgIpc) is 3.17. The smallest absolute Gasteiger partial charge is 0.264 e. The minimum atomic E-state index is -1.01. The van der Waals surface area contributed by atoms with E-state index in [0.29, 0.717) is 25.2 Å². The molecule has 0 aliphatic carbocycles. The van der Waals surface area contributed by atoms with Gasteiger partial charge in [0.05, 0.1) is 17.5 Å². The first-order valence-electron chi connectivity index (χ1n) is 12.4. The van der Waals surface area contributed by atoms with Gasteiger partial charge in [0.15, 0.2) is 0 Å². The quantitative estimate of drug-likeness (QED) is 0.400. The van der Waals surface area contributed by atoms with E-state index in [1.165, 1.54) is 0 Å². The van der Waals surface area contributed by atoms with Crippen LogP contribution in [-0.4, -0.2) is 40.5 Å². The van der Waals surface area contributed by atoms with Crippen LogP contribution in [0.4, 0.5) is 5.69 Å². The van der Waals surface area contributed by atoms with Crippen LogP contribution in [0.5, 0.6) is 0 Å². The molecule has 1 saturated heterocycles. The van der Waals surface area contributed by atoms with Crippen molar-refractivity contribution in [3.63, 3.8) is 0 Å². The molecule has 9 nitrogen and oxygen atoms in total. The molecule has 3 N–H and O–H groups in total. The summed E-state index contributed by atoms with van der Waals surface area (Å²) in [5.74, 6) is -2.19. The van der Waals surface area contributed by atoms with Gasteiger partial charge in [-0.2, -0.15) is 0 Å². The third-order valence-electron chi connectivity index (χ3n) is 6.67. The minimum Gasteiger partial charge on any atom is -0.380 e. The topological polar surface area (TPSA) is 125 Å². The van der Waals surface area contributed by atoms with Crippen molar-refractivity contribution in [3.8, 4) is 0 Å². The molecule has 38 heavy (non-hydrogen) atoms. The zero-order valence-corrected chi connectivity index (χ0v) is 20.5. The number of nitrogens with zero attached hydrogens (tertiary/aromatic N) is 1. The van der Waals surface area contributed by atoms with E-state index >= 15 is 0 Å². The van der Waals surface area contributed by atoms with Crippen molar-refractivity contribution in [2.24, 2.45) is 0 Å². The minimum absolute atomic E-state index is 0.0505. The molecule has 1 unspecified atom stereocenters. The van der Waals surface area contributed by atoms with E-state index in [1.807, 2.05) is 54.6 Å². The fraction of sp³-hybridized carbons (Fsp3) is 0.207. The van der Waals surface area contributed by atoms with Crippen LogP contribution < -0.4 is 16.0 Å². The van der Waals surface area contributed by atoms with Crippen LogP contribution >= 0.6 is 0 Å². The molecule has 9 heteroatoms. The molecular weight excluding hydrogens is 484 g/mol. The van der Waals surface area contributed by atoms with Gasteiger partial charge in [-0.3, -0.25) is 34.2 Å². The van der Waals surface area contributed by atoms with Gasteiger partial charge in [-0.25, -0.2) is 0 Å². The van der Waals surface area contributed by atoms with E-state index in [2.05, 4.69) is 16.0 Å². The standard InChI is InChI=1S/C29H26N4O5/c34-24-14-13-23(27(36)32-24)33-28(37)21-7-4-8-22(26(21)29(33)38)30-16-19-9-11-20(12-10-19)17-31-25(35)15-18-5-2-1-3-6-18/h1-12,23,30H,13-17H2,(H,31,35)(H,32,34,36). The lowest BCUT2D eigenvalue weighted by Crippen LogP contribution is -2.54. The first kappa shape index (κ1) is 24.9. The fourth-order valence-corrected chi connectivity index (χ4v) is 4.68. The summed E-state index contributed by atoms with van der Waals surface area (Å²) in [4.78, 5) is 63.2. The van der Waals surface area contributed by atoms with Crippen LogP contribution in [0, 0.1) is 0 Å². The van der Waals surface area contributed by atoms with Crippen molar-refractivity contribution in [1.82, 2.24) is 15.5 Å². The van der Waals surface area contributed by atoms with E-state index < -0.39 is 29.7 Å². The molecule has 1 atom stereocenters. The van der Waals surface area contributed by atoms with E-state index in [-0.39, 0.29) is 29.9 Å². The third-order valence-corrected chi connectivity index (χ3v) is 6.67. The van der Waals surface area contributed by atoms with Gasteiger partial charge >= 0.3 is 0 Å². The Bertz CT molecular complexity index is 1420. The van der Waals surface area contributed by atoms with Gasteiger partial charge in [0, 0.05) is 25.2 Å². The van der Waals surface area contributed by atoms with Gasteiger partial charge in [-0.1, -0.05) is 60.7 Å². The lowest BCUT2D eigenvalue weighted by Gasteiger charge is -2.27. The molecule has 5 rings (SSSR count). The first-order chi connectivity index (χ1) is 18.4. The molecule has 3 aromatic carbocycles. The molecular formula is C29H26N4O5. The number of fused-ring (bicyclic) bond motifs is 1. The lowest BCUT2D eigenvalue weighted by atomic mass is 10.0. The van der Waals surface area contributed by atoms with Gasteiger partial charge in [-0.05, 0) is 35.2 Å². The number of piperidine rings is 1. The highest BCUT2D eigenvalue weighted by Gasteiger charge is 2.45. The van der Waals surface area contributed by atoms with Crippen molar-refractivity contribution >= 4 is 35.2 Å². The van der Waals surface area contributed by atoms with Crippen molar-refractivity contribution < 1.29 is 24.0 Å². The number of imide groups is 2. The number of hydrogen-bond donors (Lipinski definition) is 3. The molecule has 2 heterocycles. The molecule has 192 valence electrons. The average molecular weight is 511 g/mol. The third kappa shape index (κ3) is 5.17. The Kier molecular flexibility index (Phi) is 6.99. The Morgan fingerprint density at radius 3 is 2.24 bits per heavy atom. The van der Waals surface area contributed by atoms with Crippen molar-refractivity contribution in [2.75, 3.05) is 5.32 Å². The van der Waals surface area contributed by atoms with Crippen molar-refractivity contribution in [3.05, 3.63) is 101 Å². The zero-order chi connectivity index (χ0) is 26.6. The summed E-state index contributed by atoms with van der Waals surface area (Å²) in [6.45, 7) is 0.815. The van der Waals surface area contributed by atoms with Gasteiger partial charge in [0.1, 0.15) is 6.04 Å². The van der Waals surface area contributed by atoms with Crippen LogP contribution in [0.15, 0.2) is 72.8 Å². The maximum atomic E-state index is 13.2. The summed E-state index contributed by atoms with van der Waals surface area (Å²) in [6.07, 6.45) is 0.506. The fourth-order valence-electron chi connectivity index (χ4n) is 4.68. The van der Waals surface area contributed by atoms with E-state index in [4.69, 9.17) is 0 Å². The number of nitrogens with one attached hydrogen (secondary N) is 3. The Hall–Kier alpha value is -4.79. The predicted molar refractivity (Wildman–Crippen MR) is 139 cm³/mol. The number of carbonyl (C=O) groups excluding carboxylic acids is 5. The number of benzene rings is 3. The summed E-state index contributed by atoms with van der Waals surface area (Å²) < 4.78 is 0. The Morgan fingerprint density at radius 2 is 1.53 bits per heavy atom. The molecule has 5 amide bonds. The second-order valence-corrected chi connectivity index (χ2v) is 9.28. The molecule has 0 spiro atoms. The summed E-state index contributed by atoms with van der Waals surface area (Å²) in [6, 6.07) is 21.2. The van der Waals surface area contributed by atoms with Crippen LogP contribution in [0.2, 0.25) is 0 Å². The van der Waals surface area contributed by atoms with Crippen LogP contribution in [0.25, 0.3) is 0 Å². The Balaban J connectivity index is 1.20. The second kappa shape index (κ2) is 10.7. The van der Waals surface area contributed by atoms with Crippen LogP contribution in [0.3, 0.4) is 0 Å². The molecule has 2 aliphatic heterocycles. The monoisotopic (exact) mass is 510 g/mol. The molecule has 0 radical (unpaired) electrons. The molecule has 0 bridgehead atoms. The zero-order valence-electron chi connectivity index (χ0n) is 20.5. The number of anilines is 1. The van der Waals surface area contributed by atoms with Crippen LogP contribution in [0.1, 0.15) is 50.2 Å². The maximum absolute atomic E-state index is 13.2. The van der Waals surface area contributed by atoms with Crippen molar-refractivity contribution in [2.45, 2.75) is 38.4 Å². The Labute approximate surface area is 219 Å². The lowest BCUT2D eigenvalue weighted by molar-refractivity contribution is -0.136. The largest absolute Gasteiger partial charge is 0.380 e. The predicted octanol–water partition coefficient (Wildman–Crippen LogP) is 2.56. The van der Waals surface area contributed by atoms with Gasteiger partial charge in [0.2, 0.25) is 17.7 Å². The normalized spacial score (nSPS) is 16.7. The number of rotatable bonds is 8. The molecule has 1 fully saturated rings. The van der Waals surface area contributed by atoms with Crippen molar-refractivity contribution in [1.29, 1.82) is 0 Å². The van der Waals surface area contributed by atoms with Gasteiger partial charge < -0.3 is 10.6 Å². The SMILES string of the molecule is O=C(Cc1ccccc1)NCc1ccc(CNc2cccc3c2C(=O)N(C2CCC(=O)NC2=O)C3=O)cc1. The van der Waals surface area contributed by atoms with Crippen LogP contribution in [-0.2, 0) is 33.9 Å². The highest BCUT2D eigenvalue weighted by Crippen LogP contribution is 2.32. The number of hydrogen-bond acceptors (Lipinski definition) is 6. The second-order valence-electron chi connectivity index (χ2n) is 9.28. The number of amides is 5.